The van der Waals surface area contributed by atoms with Gasteiger partial charge in [0.15, 0.2) is 0 Å². The first-order valence-electron chi connectivity index (χ1n) is 11.8. The van der Waals surface area contributed by atoms with E-state index in [1.54, 1.807) is 7.11 Å². The summed E-state index contributed by atoms with van der Waals surface area (Å²) in [6, 6.07) is 15.8. The first-order valence-corrected chi connectivity index (χ1v) is 11.8. The van der Waals surface area contributed by atoms with Gasteiger partial charge in [0.25, 0.3) is 5.91 Å². The lowest BCUT2D eigenvalue weighted by Gasteiger charge is -2.26. The number of ether oxygens (including phenoxy) is 2. The van der Waals surface area contributed by atoms with Crippen molar-refractivity contribution in [2.75, 3.05) is 20.3 Å². The highest BCUT2D eigenvalue weighted by Gasteiger charge is 2.41. The second-order valence-electron chi connectivity index (χ2n) is 8.94. The smallest absolute Gasteiger partial charge is 0.273 e. The Morgan fingerprint density at radius 2 is 1.76 bits per heavy atom. The fraction of sp³-hybridized carbons (Fsp3) is 0.407. The number of aromatic amines is 1. The van der Waals surface area contributed by atoms with Crippen molar-refractivity contribution in [2.45, 2.75) is 46.1 Å². The van der Waals surface area contributed by atoms with Crippen molar-refractivity contribution in [3.63, 3.8) is 0 Å². The van der Waals surface area contributed by atoms with Crippen LogP contribution in [-0.2, 0) is 0 Å². The standard InChI is InChI=1S/C27H33N3O3/c1-5-6-16-30-26(20-9-13-22(14-10-20)33-17-15-18(2)3)23-24(28-29-25(23)27(30)31)19-7-11-21(32-4)12-8-19/h7-14,18,26H,5-6,15-17H2,1-4H3,(H,28,29). The third-order valence-corrected chi connectivity index (χ3v) is 6.14. The number of methoxy groups -OCH3 is 1. The molecule has 1 atom stereocenters. The molecule has 1 aromatic heterocycles. The van der Waals surface area contributed by atoms with Gasteiger partial charge in [-0.3, -0.25) is 9.89 Å². The van der Waals surface area contributed by atoms with Gasteiger partial charge in [-0.1, -0.05) is 39.3 Å². The van der Waals surface area contributed by atoms with Crippen LogP contribution in [0.15, 0.2) is 48.5 Å². The molecule has 1 aliphatic rings. The van der Waals surface area contributed by atoms with Crippen LogP contribution < -0.4 is 9.47 Å². The van der Waals surface area contributed by atoms with E-state index in [1.165, 1.54) is 0 Å². The molecule has 1 aliphatic heterocycles. The Kier molecular flexibility index (Phi) is 7.02. The van der Waals surface area contributed by atoms with Crippen LogP contribution in [0.25, 0.3) is 11.3 Å². The van der Waals surface area contributed by atoms with Crippen molar-refractivity contribution in [1.29, 1.82) is 0 Å². The van der Waals surface area contributed by atoms with Gasteiger partial charge in [-0.25, -0.2) is 0 Å². The average molecular weight is 448 g/mol. The molecule has 174 valence electrons. The molecule has 4 rings (SSSR count). The molecule has 0 radical (unpaired) electrons. The lowest BCUT2D eigenvalue weighted by atomic mass is 9.96. The Balaban J connectivity index is 1.68. The summed E-state index contributed by atoms with van der Waals surface area (Å²) in [7, 11) is 1.65. The van der Waals surface area contributed by atoms with Crippen LogP contribution in [0.4, 0.5) is 0 Å². The molecule has 2 heterocycles. The van der Waals surface area contributed by atoms with Gasteiger partial charge in [-0.05, 0) is 60.7 Å². The topological polar surface area (TPSA) is 67.5 Å². The highest BCUT2D eigenvalue weighted by atomic mass is 16.5. The molecule has 3 aromatic rings. The zero-order chi connectivity index (χ0) is 23.4. The summed E-state index contributed by atoms with van der Waals surface area (Å²) in [5.41, 5.74) is 4.35. The van der Waals surface area contributed by atoms with E-state index in [0.29, 0.717) is 24.8 Å². The number of rotatable bonds is 10. The van der Waals surface area contributed by atoms with Gasteiger partial charge in [0.2, 0.25) is 0 Å². The van der Waals surface area contributed by atoms with E-state index in [1.807, 2.05) is 41.3 Å². The molecule has 0 aliphatic carbocycles. The second-order valence-corrected chi connectivity index (χ2v) is 8.94. The first-order chi connectivity index (χ1) is 16.0. The van der Waals surface area contributed by atoms with Crippen molar-refractivity contribution in [1.82, 2.24) is 15.1 Å². The summed E-state index contributed by atoms with van der Waals surface area (Å²) in [5, 5.41) is 7.56. The van der Waals surface area contributed by atoms with E-state index in [0.717, 1.165) is 53.1 Å². The second kappa shape index (κ2) is 10.1. The van der Waals surface area contributed by atoms with Gasteiger partial charge < -0.3 is 14.4 Å². The van der Waals surface area contributed by atoms with Crippen LogP contribution in [0, 0.1) is 5.92 Å². The fourth-order valence-electron chi connectivity index (χ4n) is 4.23. The highest BCUT2D eigenvalue weighted by molar-refractivity contribution is 6.00. The Hall–Kier alpha value is -3.28. The molecular weight excluding hydrogens is 414 g/mol. The fourth-order valence-corrected chi connectivity index (χ4v) is 4.23. The minimum Gasteiger partial charge on any atom is -0.497 e. The number of aromatic nitrogens is 2. The molecule has 0 fully saturated rings. The molecule has 33 heavy (non-hydrogen) atoms. The normalized spacial score (nSPS) is 15.2. The molecule has 0 saturated heterocycles. The van der Waals surface area contributed by atoms with Crippen LogP contribution in [0.2, 0.25) is 0 Å². The van der Waals surface area contributed by atoms with Crippen molar-refractivity contribution in [3.8, 4) is 22.8 Å². The minimum atomic E-state index is -0.181. The third-order valence-electron chi connectivity index (χ3n) is 6.14. The van der Waals surface area contributed by atoms with E-state index in [9.17, 15) is 4.79 Å². The van der Waals surface area contributed by atoms with E-state index in [2.05, 4.69) is 43.1 Å². The average Bonchev–Trinajstić information content (AvgIpc) is 3.37. The molecular formula is C27H33N3O3. The number of H-pyrrole nitrogens is 1. The monoisotopic (exact) mass is 447 g/mol. The SMILES string of the molecule is CCCCN1C(=O)c2[nH]nc(-c3ccc(OC)cc3)c2C1c1ccc(OCCC(C)C)cc1. The van der Waals surface area contributed by atoms with Crippen LogP contribution >= 0.6 is 0 Å². The van der Waals surface area contributed by atoms with Gasteiger partial charge in [0.05, 0.1) is 25.5 Å². The van der Waals surface area contributed by atoms with Crippen molar-refractivity contribution >= 4 is 5.91 Å². The molecule has 1 N–H and O–H groups in total. The molecule has 1 amide bonds. The number of nitrogens with zero attached hydrogens (tertiary/aromatic N) is 2. The molecule has 6 heteroatoms. The Morgan fingerprint density at radius 3 is 2.39 bits per heavy atom. The van der Waals surface area contributed by atoms with Crippen LogP contribution in [0.3, 0.4) is 0 Å². The molecule has 0 bridgehead atoms. The number of carbonyl (C=O) groups excluding carboxylic acids is 1. The number of amides is 1. The summed E-state index contributed by atoms with van der Waals surface area (Å²) < 4.78 is 11.2. The quantitative estimate of drug-likeness (QED) is 0.423. The predicted octanol–water partition coefficient (Wildman–Crippen LogP) is 5.86. The lowest BCUT2D eigenvalue weighted by Crippen LogP contribution is -2.30. The Bertz CT molecular complexity index is 1070. The number of carbonyl (C=O) groups is 1. The Morgan fingerprint density at radius 1 is 1.06 bits per heavy atom. The van der Waals surface area contributed by atoms with E-state index < -0.39 is 0 Å². The third kappa shape index (κ3) is 4.75. The molecule has 2 aromatic carbocycles. The van der Waals surface area contributed by atoms with Crippen molar-refractivity contribution in [3.05, 3.63) is 65.4 Å². The maximum atomic E-state index is 13.3. The summed E-state index contributed by atoms with van der Waals surface area (Å²) in [6.07, 6.45) is 3.00. The maximum Gasteiger partial charge on any atom is 0.273 e. The number of hydrogen-bond donors (Lipinski definition) is 1. The summed E-state index contributed by atoms with van der Waals surface area (Å²) in [4.78, 5) is 15.3. The van der Waals surface area contributed by atoms with Gasteiger partial charge in [0.1, 0.15) is 17.2 Å². The summed E-state index contributed by atoms with van der Waals surface area (Å²) in [5.74, 6) is 2.26. The number of benzene rings is 2. The first kappa shape index (κ1) is 22.9. The van der Waals surface area contributed by atoms with Crippen LogP contribution in [-0.4, -0.2) is 41.3 Å². The molecule has 0 spiro atoms. The van der Waals surface area contributed by atoms with E-state index in [4.69, 9.17) is 9.47 Å². The van der Waals surface area contributed by atoms with Crippen LogP contribution in [0.1, 0.15) is 67.7 Å². The molecule has 1 unspecified atom stereocenters. The van der Waals surface area contributed by atoms with Gasteiger partial charge in [-0.15, -0.1) is 0 Å². The van der Waals surface area contributed by atoms with Crippen LogP contribution in [0.5, 0.6) is 11.5 Å². The lowest BCUT2D eigenvalue weighted by molar-refractivity contribution is 0.0741. The number of unbranched alkanes of at least 4 members (excludes halogenated alkanes) is 1. The van der Waals surface area contributed by atoms with Crippen molar-refractivity contribution in [2.24, 2.45) is 5.92 Å². The summed E-state index contributed by atoms with van der Waals surface area (Å²) in [6.45, 7) is 7.93. The van der Waals surface area contributed by atoms with Crippen molar-refractivity contribution < 1.29 is 14.3 Å². The Labute approximate surface area is 195 Å². The number of fused-ring (bicyclic) bond motifs is 1. The van der Waals surface area contributed by atoms with Gasteiger partial charge >= 0.3 is 0 Å². The zero-order valence-electron chi connectivity index (χ0n) is 19.9. The minimum absolute atomic E-state index is 0.00738. The van der Waals surface area contributed by atoms with Gasteiger partial charge in [-0.2, -0.15) is 5.10 Å². The largest absolute Gasteiger partial charge is 0.497 e. The zero-order valence-corrected chi connectivity index (χ0v) is 19.9. The number of nitrogens with one attached hydrogen (secondary N) is 1. The van der Waals surface area contributed by atoms with Gasteiger partial charge in [0, 0.05) is 17.7 Å². The summed E-state index contributed by atoms with van der Waals surface area (Å²) >= 11 is 0. The predicted molar refractivity (Wildman–Crippen MR) is 130 cm³/mol. The highest BCUT2D eigenvalue weighted by Crippen LogP contribution is 2.43. The molecule has 0 saturated carbocycles. The maximum absolute atomic E-state index is 13.3. The van der Waals surface area contributed by atoms with E-state index >= 15 is 0 Å². The molecule has 6 nitrogen and oxygen atoms in total. The number of hydrogen-bond acceptors (Lipinski definition) is 4. The van der Waals surface area contributed by atoms with E-state index in [-0.39, 0.29) is 11.9 Å².